The van der Waals surface area contributed by atoms with E-state index in [1.54, 1.807) is 12.1 Å². The van der Waals surface area contributed by atoms with Crippen molar-refractivity contribution in [3.8, 4) is 23.0 Å². The van der Waals surface area contributed by atoms with Crippen molar-refractivity contribution in [2.45, 2.75) is 24.2 Å². The number of halogens is 3. The van der Waals surface area contributed by atoms with Gasteiger partial charge in [-0.15, -0.1) is 13.2 Å². The Labute approximate surface area is 188 Å². The van der Waals surface area contributed by atoms with E-state index in [-0.39, 0.29) is 24.4 Å². The fourth-order valence-electron chi connectivity index (χ4n) is 2.73. The molecule has 0 saturated carbocycles. The van der Waals surface area contributed by atoms with Crippen LogP contribution in [0.4, 0.5) is 13.2 Å². The Morgan fingerprint density at radius 2 is 1.55 bits per heavy atom. The lowest BCUT2D eigenvalue weighted by Crippen LogP contribution is -2.30. The number of alkyl halides is 3. The highest BCUT2D eigenvalue weighted by molar-refractivity contribution is 7.89. The zero-order valence-electron chi connectivity index (χ0n) is 18.0. The van der Waals surface area contributed by atoms with Gasteiger partial charge in [-0.25, -0.2) is 13.1 Å². The van der Waals surface area contributed by atoms with E-state index in [9.17, 15) is 26.4 Å². The van der Waals surface area contributed by atoms with Crippen molar-refractivity contribution in [1.82, 2.24) is 10.0 Å². The second-order valence-electron chi connectivity index (χ2n) is 6.48. The summed E-state index contributed by atoms with van der Waals surface area (Å²) in [4.78, 5) is 11.8. The van der Waals surface area contributed by atoms with E-state index >= 15 is 0 Å². The first-order chi connectivity index (χ1) is 15.5. The Morgan fingerprint density at radius 3 is 2.03 bits per heavy atom. The summed E-state index contributed by atoms with van der Waals surface area (Å²) in [6, 6.07) is 7.02. The Morgan fingerprint density at radius 1 is 0.970 bits per heavy atom. The van der Waals surface area contributed by atoms with Crippen LogP contribution in [0.1, 0.15) is 12.0 Å². The zero-order valence-corrected chi connectivity index (χ0v) is 18.8. The summed E-state index contributed by atoms with van der Waals surface area (Å²) < 4.78 is 82.7. The zero-order chi connectivity index (χ0) is 24.6. The standard InChI is InChI=1S/C20H23F3N2O7S/c1-29-16-10-13(11-17(30-2)19(16)31-3)12-24-18(26)8-9-25-33(27,28)15-6-4-14(5-7-15)32-20(21,22)23/h4-7,10-11,25H,8-9,12H2,1-3H3,(H,24,26). The van der Waals surface area contributed by atoms with E-state index < -0.39 is 28.0 Å². The molecule has 0 unspecified atom stereocenters. The Balaban J connectivity index is 1.89. The number of hydrogen-bond donors (Lipinski definition) is 2. The molecule has 2 aromatic rings. The van der Waals surface area contributed by atoms with E-state index in [1.807, 2.05) is 0 Å². The van der Waals surface area contributed by atoms with Crippen molar-refractivity contribution in [2.24, 2.45) is 0 Å². The monoisotopic (exact) mass is 492 g/mol. The summed E-state index contributed by atoms with van der Waals surface area (Å²) in [5, 5.41) is 2.65. The van der Waals surface area contributed by atoms with Gasteiger partial charge >= 0.3 is 6.36 Å². The minimum atomic E-state index is -4.88. The number of carbonyl (C=O) groups excluding carboxylic acids is 1. The molecule has 2 aromatic carbocycles. The number of methoxy groups -OCH3 is 3. The molecule has 0 aliphatic rings. The molecule has 1 amide bonds. The van der Waals surface area contributed by atoms with Crippen LogP contribution >= 0.6 is 0 Å². The molecule has 2 rings (SSSR count). The van der Waals surface area contributed by atoms with Crippen molar-refractivity contribution in [1.29, 1.82) is 0 Å². The minimum Gasteiger partial charge on any atom is -0.493 e. The smallest absolute Gasteiger partial charge is 0.493 e. The van der Waals surface area contributed by atoms with Crippen molar-refractivity contribution in [2.75, 3.05) is 27.9 Å². The molecule has 0 spiro atoms. The van der Waals surface area contributed by atoms with E-state index in [0.29, 0.717) is 22.8 Å². The number of nitrogens with one attached hydrogen (secondary N) is 2. The van der Waals surface area contributed by atoms with Gasteiger partial charge in [-0.1, -0.05) is 0 Å². The van der Waals surface area contributed by atoms with Crippen molar-refractivity contribution in [3.05, 3.63) is 42.0 Å². The van der Waals surface area contributed by atoms with E-state index in [4.69, 9.17) is 14.2 Å². The lowest BCUT2D eigenvalue weighted by molar-refractivity contribution is -0.274. The predicted molar refractivity (Wildman–Crippen MR) is 111 cm³/mol. The quantitative estimate of drug-likeness (QED) is 0.496. The van der Waals surface area contributed by atoms with Crippen LogP contribution in [0, 0.1) is 0 Å². The van der Waals surface area contributed by atoms with Gasteiger partial charge in [0.2, 0.25) is 21.7 Å². The molecule has 0 aromatic heterocycles. The van der Waals surface area contributed by atoms with Crippen LogP contribution in [0.5, 0.6) is 23.0 Å². The van der Waals surface area contributed by atoms with Crippen molar-refractivity contribution >= 4 is 15.9 Å². The van der Waals surface area contributed by atoms with E-state index in [0.717, 1.165) is 24.3 Å². The van der Waals surface area contributed by atoms with Crippen LogP contribution in [0.15, 0.2) is 41.3 Å². The van der Waals surface area contributed by atoms with Crippen LogP contribution in [-0.2, 0) is 21.4 Å². The molecule has 0 radical (unpaired) electrons. The molecule has 2 N–H and O–H groups in total. The van der Waals surface area contributed by atoms with Crippen LogP contribution in [0.2, 0.25) is 0 Å². The van der Waals surface area contributed by atoms with Gasteiger partial charge in [0.25, 0.3) is 0 Å². The fourth-order valence-corrected chi connectivity index (χ4v) is 3.76. The third-order valence-electron chi connectivity index (χ3n) is 4.23. The molecule has 13 heteroatoms. The number of sulfonamides is 1. The van der Waals surface area contributed by atoms with Gasteiger partial charge in [0.1, 0.15) is 5.75 Å². The number of carbonyl (C=O) groups is 1. The number of hydrogen-bond acceptors (Lipinski definition) is 7. The van der Waals surface area contributed by atoms with Crippen molar-refractivity contribution in [3.63, 3.8) is 0 Å². The molecule has 0 fully saturated rings. The van der Waals surface area contributed by atoms with Crippen LogP contribution in [0.25, 0.3) is 0 Å². The van der Waals surface area contributed by atoms with Gasteiger partial charge in [-0.2, -0.15) is 0 Å². The van der Waals surface area contributed by atoms with Crippen LogP contribution < -0.4 is 29.0 Å². The normalized spacial score (nSPS) is 11.6. The van der Waals surface area contributed by atoms with Crippen molar-refractivity contribution < 1.29 is 45.3 Å². The summed E-state index contributed by atoms with van der Waals surface area (Å²) in [5.74, 6) is 0.261. The lowest BCUT2D eigenvalue weighted by Gasteiger charge is -2.14. The molecular formula is C20H23F3N2O7S. The third kappa shape index (κ3) is 7.71. The second kappa shape index (κ2) is 11.1. The summed E-state index contributed by atoms with van der Waals surface area (Å²) in [6.45, 7) is -0.0901. The summed E-state index contributed by atoms with van der Waals surface area (Å²) in [5.41, 5.74) is 0.666. The molecule has 0 aliphatic heterocycles. The van der Waals surface area contributed by atoms with Crippen LogP contribution in [0.3, 0.4) is 0 Å². The average Bonchev–Trinajstić information content (AvgIpc) is 2.76. The SMILES string of the molecule is COc1cc(CNC(=O)CCNS(=O)(=O)c2ccc(OC(F)(F)F)cc2)cc(OC)c1OC. The minimum absolute atomic E-state index is 0.128. The summed E-state index contributed by atoms with van der Waals surface area (Å²) >= 11 is 0. The molecule has 33 heavy (non-hydrogen) atoms. The highest BCUT2D eigenvalue weighted by atomic mass is 32.2. The first-order valence-electron chi connectivity index (χ1n) is 9.40. The highest BCUT2D eigenvalue weighted by Gasteiger charge is 2.31. The van der Waals surface area contributed by atoms with E-state index in [1.165, 1.54) is 21.3 Å². The molecule has 0 aliphatic carbocycles. The number of amides is 1. The molecular weight excluding hydrogens is 469 g/mol. The van der Waals surface area contributed by atoms with Gasteiger partial charge in [0, 0.05) is 19.5 Å². The Bertz CT molecular complexity index is 1030. The maximum absolute atomic E-state index is 12.2. The molecule has 0 bridgehead atoms. The second-order valence-corrected chi connectivity index (χ2v) is 8.24. The molecule has 0 heterocycles. The number of ether oxygens (including phenoxy) is 4. The topological polar surface area (TPSA) is 112 Å². The Kier molecular flexibility index (Phi) is 8.76. The highest BCUT2D eigenvalue weighted by Crippen LogP contribution is 2.38. The lowest BCUT2D eigenvalue weighted by atomic mass is 10.1. The average molecular weight is 492 g/mol. The first kappa shape index (κ1) is 26.1. The van der Waals surface area contributed by atoms with Crippen LogP contribution in [-0.4, -0.2) is 48.6 Å². The molecule has 9 nitrogen and oxygen atoms in total. The maximum atomic E-state index is 12.2. The maximum Gasteiger partial charge on any atom is 0.573 e. The molecule has 0 saturated heterocycles. The summed E-state index contributed by atoms with van der Waals surface area (Å²) in [7, 11) is 0.365. The molecule has 182 valence electrons. The van der Waals surface area contributed by atoms with Gasteiger partial charge in [0.15, 0.2) is 11.5 Å². The fraction of sp³-hybridized carbons (Fsp3) is 0.350. The van der Waals surface area contributed by atoms with Gasteiger partial charge in [-0.05, 0) is 42.0 Å². The predicted octanol–water partition coefficient (Wildman–Crippen LogP) is 2.60. The van der Waals surface area contributed by atoms with Gasteiger partial charge in [0.05, 0.1) is 26.2 Å². The number of rotatable bonds is 11. The summed E-state index contributed by atoms with van der Waals surface area (Å²) in [6.07, 6.45) is -5.05. The van der Waals surface area contributed by atoms with Gasteiger partial charge in [-0.3, -0.25) is 4.79 Å². The molecule has 0 atom stereocenters. The first-order valence-corrected chi connectivity index (χ1v) is 10.9. The number of benzene rings is 2. The third-order valence-corrected chi connectivity index (χ3v) is 5.70. The van der Waals surface area contributed by atoms with E-state index in [2.05, 4.69) is 14.8 Å². The van der Waals surface area contributed by atoms with Gasteiger partial charge < -0.3 is 24.3 Å². The largest absolute Gasteiger partial charge is 0.573 e. The Hall–Kier alpha value is -3.19.